The van der Waals surface area contributed by atoms with Crippen molar-refractivity contribution in [2.75, 3.05) is 13.2 Å². The van der Waals surface area contributed by atoms with Crippen LogP contribution in [0.1, 0.15) is 34.6 Å². The van der Waals surface area contributed by atoms with Crippen LogP contribution in [0.3, 0.4) is 0 Å². The molecule has 0 fully saturated rings. The Balaban J connectivity index is -0.000000102. The third kappa shape index (κ3) is 32.0. The van der Waals surface area contributed by atoms with E-state index in [9.17, 15) is 23.6 Å². The number of Topliss-reactive ketones (excluding diaryl/α,β-unsaturated/α-hetero) is 1. The summed E-state index contributed by atoms with van der Waals surface area (Å²) in [5.41, 5.74) is 0. The second kappa shape index (κ2) is 18.0. The average Bonchev–Trinajstić information content (AvgIpc) is 2.28. The Morgan fingerprint density at radius 1 is 0.952 bits per heavy atom. The first-order valence-electron chi connectivity index (χ1n) is 5.74. The second-order valence-corrected chi connectivity index (χ2v) is 3.16. The highest BCUT2D eigenvalue weighted by Gasteiger charge is 2.20. The lowest BCUT2D eigenvalue weighted by Crippen LogP contribution is -2.22. The number of carbonyl (C=O) groups excluding carboxylic acids is 3. The van der Waals surface area contributed by atoms with Crippen LogP contribution >= 0.6 is 0 Å². The van der Waals surface area contributed by atoms with Crippen molar-refractivity contribution >= 4 is 23.7 Å². The molecule has 126 valence electrons. The Labute approximate surface area is 122 Å². The summed E-state index contributed by atoms with van der Waals surface area (Å²) in [7, 11) is 0. The Kier molecular flexibility index (Phi) is 23.4. The molecule has 0 aliphatic rings. The maximum absolute atomic E-state index is 11.7. The zero-order valence-corrected chi connectivity index (χ0v) is 12.8. The molecule has 0 bridgehead atoms. The van der Waals surface area contributed by atoms with E-state index in [-0.39, 0.29) is 17.4 Å². The molecule has 0 amide bonds. The van der Waals surface area contributed by atoms with Gasteiger partial charge in [0, 0.05) is 13.8 Å². The molecule has 0 radical (unpaired) electrons. The largest absolute Gasteiger partial charge is 0.479 e. The van der Waals surface area contributed by atoms with Gasteiger partial charge in [-0.3, -0.25) is 14.4 Å². The molecule has 0 aromatic heterocycles. The van der Waals surface area contributed by atoms with Crippen LogP contribution in [-0.2, 0) is 28.7 Å². The van der Waals surface area contributed by atoms with Crippen LogP contribution in [0, 0.1) is 0 Å². The molecule has 0 aliphatic carbocycles. The minimum absolute atomic E-state index is 0. The Bertz CT molecular complexity index is 286. The number of ether oxygens (including phenoxy) is 2. The van der Waals surface area contributed by atoms with Crippen molar-refractivity contribution in [2.45, 2.75) is 40.8 Å². The Morgan fingerprint density at radius 3 is 1.24 bits per heavy atom. The van der Waals surface area contributed by atoms with Crippen molar-refractivity contribution < 1.29 is 43.6 Å². The first-order chi connectivity index (χ1) is 9.09. The molecule has 0 rings (SSSR count). The fourth-order valence-corrected chi connectivity index (χ4v) is 0.580. The van der Waals surface area contributed by atoms with E-state index in [0.29, 0.717) is 13.2 Å². The molecule has 0 saturated heterocycles. The molecule has 1 atom stereocenters. The number of alkyl halides is 1. The molecule has 0 aliphatic heterocycles. The van der Waals surface area contributed by atoms with Gasteiger partial charge in [-0.05, 0) is 20.8 Å². The zero-order valence-electron chi connectivity index (χ0n) is 12.8. The standard InChI is InChI=1S/C4H5FO3.2C4H8O2.H2O/c1-2(6)3(5)4(7)8;2*1-3-6-4(2)5;/h3H,1H3,(H,7,8);2*3H2,1-2H3;1H2. The van der Waals surface area contributed by atoms with Crippen LogP contribution in [0.15, 0.2) is 0 Å². The predicted molar refractivity (Wildman–Crippen MR) is 71.4 cm³/mol. The highest BCUT2D eigenvalue weighted by molar-refractivity contribution is 5.99. The first-order valence-corrected chi connectivity index (χ1v) is 5.74. The number of ketones is 1. The molecular weight excluding hydrogens is 291 g/mol. The highest BCUT2D eigenvalue weighted by Crippen LogP contribution is 1.90. The van der Waals surface area contributed by atoms with Crippen LogP contribution in [0.25, 0.3) is 0 Å². The fraction of sp³-hybridized carbons (Fsp3) is 0.667. The monoisotopic (exact) mass is 314 g/mol. The summed E-state index contributed by atoms with van der Waals surface area (Å²) < 4.78 is 20.5. The quantitative estimate of drug-likeness (QED) is 0.582. The van der Waals surface area contributed by atoms with Crippen molar-refractivity contribution in [3.05, 3.63) is 0 Å². The number of halogens is 1. The third-order valence-corrected chi connectivity index (χ3v) is 1.27. The van der Waals surface area contributed by atoms with Gasteiger partial charge < -0.3 is 20.1 Å². The summed E-state index contributed by atoms with van der Waals surface area (Å²) >= 11 is 0. The Hall–Kier alpha value is -2.03. The third-order valence-electron chi connectivity index (χ3n) is 1.27. The lowest BCUT2D eigenvalue weighted by Gasteiger charge is -1.92. The number of esters is 2. The van der Waals surface area contributed by atoms with E-state index in [1.165, 1.54) is 13.8 Å². The van der Waals surface area contributed by atoms with E-state index in [1.807, 2.05) is 0 Å². The molecule has 0 aromatic rings. The van der Waals surface area contributed by atoms with E-state index in [4.69, 9.17) is 5.11 Å². The Morgan fingerprint density at radius 2 is 1.24 bits per heavy atom. The van der Waals surface area contributed by atoms with Gasteiger partial charge in [0.15, 0.2) is 5.78 Å². The highest BCUT2D eigenvalue weighted by atomic mass is 19.1. The molecule has 21 heavy (non-hydrogen) atoms. The maximum atomic E-state index is 11.7. The molecule has 0 spiro atoms. The summed E-state index contributed by atoms with van der Waals surface area (Å²) in [5, 5.41) is 7.76. The molecule has 0 heterocycles. The molecule has 3 N–H and O–H groups in total. The number of carboxylic acids is 1. The lowest BCUT2D eigenvalue weighted by atomic mass is 10.3. The number of aliphatic carboxylic acids is 1. The number of carbonyl (C=O) groups is 4. The van der Waals surface area contributed by atoms with Crippen molar-refractivity contribution in [2.24, 2.45) is 0 Å². The van der Waals surface area contributed by atoms with E-state index >= 15 is 0 Å². The predicted octanol–water partition coefficient (Wildman–Crippen LogP) is 0.312. The summed E-state index contributed by atoms with van der Waals surface area (Å²) in [6, 6.07) is 0. The van der Waals surface area contributed by atoms with Gasteiger partial charge in [0.2, 0.25) is 0 Å². The number of carboxylic acid groups (broad SMARTS) is 1. The summed E-state index contributed by atoms with van der Waals surface area (Å²) in [4.78, 5) is 39.0. The van der Waals surface area contributed by atoms with Crippen LogP contribution in [0.4, 0.5) is 4.39 Å². The van der Waals surface area contributed by atoms with Crippen LogP contribution in [0.2, 0.25) is 0 Å². The van der Waals surface area contributed by atoms with Crippen molar-refractivity contribution in [1.82, 2.24) is 0 Å². The van der Waals surface area contributed by atoms with Crippen molar-refractivity contribution in [1.29, 1.82) is 0 Å². The smallest absolute Gasteiger partial charge is 0.346 e. The number of hydrogen-bond donors (Lipinski definition) is 1. The maximum Gasteiger partial charge on any atom is 0.346 e. The topological polar surface area (TPSA) is 138 Å². The minimum Gasteiger partial charge on any atom is -0.479 e. The summed E-state index contributed by atoms with van der Waals surface area (Å²) in [5.74, 6) is -3.12. The van der Waals surface area contributed by atoms with Crippen LogP contribution < -0.4 is 0 Å². The van der Waals surface area contributed by atoms with E-state index in [1.54, 1.807) is 13.8 Å². The lowest BCUT2D eigenvalue weighted by molar-refractivity contribution is -0.147. The van der Waals surface area contributed by atoms with E-state index in [2.05, 4.69) is 9.47 Å². The SMILES string of the molecule is CC(=O)C(F)C(=O)O.CCOC(C)=O.CCOC(C)=O.O. The van der Waals surface area contributed by atoms with Crippen LogP contribution in [0.5, 0.6) is 0 Å². The minimum atomic E-state index is -2.35. The molecule has 0 aromatic carbocycles. The van der Waals surface area contributed by atoms with Gasteiger partial charge >= 0.3 is 17.9 Å². The van der Waals surface area contributed by atoms with Gasteiger partial charge in [-0.2, -0.15) is 0 Å². The molecule has 0 saturated carbocycles. The zero-order chi connectivity index (χ0) is 16.7. The van der Waals surface area contributed by atoms with Gasteiger partial charge in [-0.1, -0.05) is 0 Å². The van der Waals surface area contributed by atoms with Gasteiger partial charge in [0.25, 0.3) is 6.17 Å². The molecule has 9 heteroatoms. The molecular formula is C12H23FO8. The van der Waals surface area contributed by atoms with Gasteiger partial charge in [0.05, 0.1) is 13.2 Å². The average molecular weight is 314 g/mol. The first kappa shape index (κ1) is 27.3. The molecule has 8 nitrogen and oxygen atoms in total. The summed E-state index contributed by atoms with van der Waals surface area (Å²) in [6.45, 7) is 8.19. The fourth-order valence-electron chi connectivity index (χ4n) is 0.580. The normalized spacial score (nSPS) is 9.24. The van der Waals surface area contributed by atoms with Crippen molar-refractivity contribution in [3.8, 4) is 0 Å². The van der Waals surface area contributed by atoms with Gasteiger partial charge in [0.1, 0.15) is 0 Å². The van der Waals surface area contributed by atoms with Crippen molar-refractivity contribution in [3.63, 3.8) is 0 Å². The second-order valence-electron chi connectivity index (χ2n) is 3.16. The summed E-state index contributed by atoms with van der Waals surface area (Å²) in [6.07, 6.45) is -2.35. The number of hydrogen-bond acceptors (Lipinski definition) is 6. The van der Waals surface area contributed by atoms with Gasteiger partial charge in [-0.15, -0.1) is 0 Å². The number of rotatable bonds is 4. The van der Waals surface area contributed by atoms with E-state index < -0.39 is 17.9 Å². The van der Waals surface area contributed by atoms with Crippen LogP contribution in [-0.4, -0.2) is 53.7 Å². The van der Waals surface area contributed by atoms with Gasteiger partial charge in [-0.25, -0.2) is 9.18 Å². The van der Waals surface area contributed by atoms with E-state index in [0.717, 1.165) is 6.92 Å². The molecule has 1 unspecified atom stereocenters.